The summed E-state index contributed by atoms with van der Waals surface area (Å²) in [5.41, 5.74) is 0. The van der Waals surface area contributed by atoms with Gasteiger partial charge in [-0.15, -0.1) is 0 Å². The maximum atomic E-state index is 11.2. The van der Waals surface area contributed by atoms with Crippen molar-refractivity contribution in [2.45, 2.75) is 19.1 Å². The number of hydrogen-bond acceptors (Lipinski definition) is 4. The molecule has 0 bridgehead atoms. The third kappa shape index (κ3) is 5.03. The normalized spacial score (nSPS) is 11.8. The van der Waals surface area contributed by atoms with Crippen LogP contribution in [0.3, 0.4) is 0 Å². The highest BCUT2D eigenvalue weighted by molar-refractivity contribution is 5.74. The summed E-state index contributed by atoms with van der Waals surface area (Å²) in [4.78, 5) is 21.5. The van der Waals surface area contributed by atoms with Crippen LogP contribution < -0.4 is 10.6 Å². The minimum absolute atomic E-state index is 0.0382. The SMILES string of the molecule is O=C(NCC[C@H](O)C(=O)O)NCc1ccco1. The van der Waals surface area contributed by atoms with Gasteiger partial charge in [0.05, 0.1) is 12.8 Å². The van der Waals surface area contributed by atoms with E-state index >= 15 is 0 Å². The molecule has 1 aromatic heterocycles. The Balaban J connectivity index is 2.11. The highest BCUT2D eigenvalue weighted by Gasteiger charge is 2.12. The third-order valence-electron chi connectivity index (χ3n) is 1.99. The van der Waals surface area contributed by atoms with Gasteiger partial charge in [-0.05, 0) is 12.1 Å². The molecular weight excluding hydrogens is 228 g/mol. The van der Waals surface area contributed by atoms with Gasteiger partial charge in [-0.2, -0.15) is 0 Å². The number of carbonyl (C=O) groups is 2. The second-order valence-electron chi connectivity index (χ2n) is 3.33. The van der Waals surface area contributed by atoms with E-state index in [0.29, 0.717) is 5.76 Å². The van der Waals surface area contributed by atoms with Gasteiger partial charge in [0.25, 0.3) is 0 Å². The molecule has 0 saturated carbocycles. The second kappa shape index (κ2) is 6.54. The van der Waals surface area contributed by atoms with Crippen LogP contribution >= 0.6 is 0 Å². The van der Waals surface area contributed by atoms with Gasteiger partial charge < -0.3 is 25.3 Å². The van der Waals surface area contributed by atoms with Crippen molar-refractivity contribution < 1.29 is 24.2 Å². The lowest BCUT2D eigenvalue weighted by molar-refractivity contribution is -0.146. The van der Waals surface area contributed by atoms with Gasteiger partial charge in [0.15, 0.2) is 6.10 Å². The number of aliphatic carboxylic acids is 1. The van der Waals surface area contributed by atoms with E-state index in [9.17, 15) is 9.59 Å². The smallest absolute Gasteiger partial charge is 0.332 e. The first-order chi connectivity index (χ1) is 8.09. The summed E-state index contributed by atoms with van der Waals surface area (Å²) < 4.78 is 5.00. The van der Waals surface area contributed by atoms with E-state index in [-0.39, 0.29) is 19.5 Å². The predicted molar refractivity (Wildman–Crippen MR) is 57.2 cm³/mol. The van der Waals surface area contributed by atoms with E-state index in [2.05, 4.69) is 10.6 Å². The Bertz CT molecular complexity index is 363. The van der Waals surface area contributed by atoms with E-state index in [1.165, 1.54) is 6.26 Å². The van der Waals surface area contributed by atoms with Crippen LogP contribution in [0.4, 0.5) is 4.79 Å². The lowest BCUT2D eigenvalue weighted by Crippen LogP contribution is -2.37. The minimum atomic E-state index is -1.46. The highest BCUT2D eigenvalue weighted by atomic mass is 16.4. The van der Waals surface area contributed by atoms with Crippen LogP contribution in [0.15, 0.2) is 22.8 Å². The second-order valence-corrected chi connectivity index (χ2v) is 3.33. The van der Waals surface area contributed by atoms with E-state index in [0.717, 1.165) is 0 Å². The average molecular weight is 242 g/mol. The van der Waals surface area contributed by atoms with Crippen molar-refractivity contribution in [3.05, 3.63) is 24.2 Å². The largest absolute Gasteiger partial charge is 0.479 e. The number of carboxylic acids is 1. The molecule has 0 unspecified atom stereocenters. The van der Waals surface area contributed by atoms with Crippen molar-refractivity contribution in [1.82, 2.24) is 10.6 Å². The summed E-state index contributed by atoms with van der Waals surface area (Å²) >= 11 is 0. The third-order valence-corrected chi connectivity index (χ3v) is 1.99. The summed E-state index contributed by atoms with van der Waals surface area (Å²) in [6, 6.07) is 2.98. The van der Waals surface area contributed by atoms with Gasteiger partial charge in [0, 0.05) is 13.0 Å². The van der Waals surface area contributed by atoms with E-state index < -0.39 is 18.1 Å². The van der Waals surface area contributed by atoms with Crippen molar-refractivity contribution in [3.63, 3.8) is 0 Å². The molecule has 0 aromatic carbocycles. The fourth-order valence-corrected chi connectivity index (χ4v) is 1.09. The zero-order valence-corrected chi connectivity index (χ0v) is 9.05. The number of carbonyl (C=O) groups excluding carboxylic acids is 1. The van der Waals surface area contributed by atoms with Crippen LogP contribution in [-0.2, 0) is 11.3 Å². The molecule has 0 spiro atoms. The van der Waals surface area contributed by atoms with Gasteiger partial charge in [-0.3, -0.25) is 0 Å². The van der Waals surface area contributed by atoms with Crippen LogP contribution in [0.5, 0.6) is 0 Å². The molecule has 0 fully saturated rings. The van der Waals surface area contributed by atoms with Crippen LogP contribution in [0.25, 0.3) is 0 Å². The zero-order chi connectivity index (χ0) is 12.7. The van der Waals surface area contributed by atoms with Gasteiger partial charge in [-0.25, -0.2) is 9.59 Å². The minimum Gasteiger partial charge on any atom is -0.479 e. The molecule has 2 amide bonds. The Morgan fingerprint density at radius 1 is 1.41 bits per heavy atom. The van der Waals surface area contributed by atoms with Gasteiger partial charge in [0.2, 0.25) is 0 Å². The summed E-state index contributed by atoms with van der Waals surface area (Å²) in [5.74, 6) is -0.687. The quantitative estimate of drug-likeness (QED) is 0.557. The Kier molecular flexibility index (Phi) is 5.02. The number of furan rings is 1. The van der Waals surface area contributed by atoms with E-state index in [1.54, 1.807) is 12.1 Å². The van der Waals surface area contributed by atoms with Crippen molar-refractivity contribution in [3.8, 4) is 0 Å². The number of hydrogen-bond donors (Lipinski definition) is 4. The molecule has 0 aliphatic heterocycles. The molecule has 1 atom stereocenters. The number of aliphatic hydroxyl groups excluding tert-OH is 1. The van der Waals surface area contributed by atoms with E-state index in [1.807, 2.05) is 0 Å². The monoisotopic (exact) mass is 242 g/mol. The number of rotatable bonds is 6. The summed E-state index contributed by atoms with van der Waals surface area (Å²) in [6.07, 6.45) is 0.00197. The van der Waals surface area contributed by atoms with E-state index in [4.69, 9.17) is 14.6 Å². The molecule has 17 heavy (non-hydrogen) atoms. The molecule has 1 aromatic rings. The number of nitrogens with one attached hydrogen (secondary N) is 2. The standard InChI is InChI=1S/C10H14N2O5/c13-8(9(14)15)3-4-11-10(16)12-6-7-2-1-5-17-7/h1-2,5,8,13H,3-4,6H2,(H,14,15)(H2,11,12,16)/t8-/m0/s1. The molecule has 7 nitrogen and oxygen atoms in total. The number of urea groups is 1. The van der Waals surface area contributed by atoms with Gasteiger partial charge >= 0.3 is 12.0 Å². The maximum Gasteiger partial charge on any atom is 0.332 e. The first-order valence-electron chi connectivity index (χ1n) is 5.04. The number of carboxylic acid groups (broad SMARTS) is 1. The summed E-state index contributed by atoms with van der Waals surface area (Å²) in [6.45, 7) is 0.331. The molecule has 4 N–H and O–H groups in total. The lowest BCUT2D eigenvalue weighted by atomic mass is 10.2. The van der Waals surface area contributed by atoms with Crippen molar-refractivity contribution in [2.24, 2.45) is 0 Å². The number of amides is 2. The highest BCUT2D eigenvalue weighted by Crippen LogP contribution is 1.98. The maximum absolute atomic E-state index is 11.2. The fourth-order valence-electron chi connectivity index (χ4n) is 1.09. The summed E-state index contributed by atoms with van der Waals surface area (Å²) in [7, 11) is 0. The molecule has 1 rings (SSSR count). The Morgan fingerprint density at radius 3 is 2.76 bits per heavy atom. The molecule has 7 heteroatoms. The Labute approximate surface area is 97.4 Å². The molecule has 0 radical (unpaired) electrons. The van der Waals surface area contributed by atoms with Gasteiger partial charge in [-0.1, -0.05) is 0 Å². The van der Waals surface area contributed by atoms with Crippen LogP contribution in [0.2, 0.25) is 0 Å². The molecule has 1 heterocycles. The Hall–Kier alpha value is -2.02. The molecule has 0 aliphatic carbocycles. The molecular formula is C10H14N2O5. The van der Waals surface area contributed by atoms with Crippen molar-refractivity contribution in [2.75, 3.05) is 6.54 Å². The Morgan fingerprint density at radius 2 is 2.18 bits per heavy atom. The van der Waals surface area contributed by atoms with Crippen LogP contribution in [0.1, 0.15) is 12.2 Å². The van der Waals surface area contributed by atoms with Gasteiger partial charge in [0.1, 0.15) is 5.76 Å². The molecule has 0 aliphatic rings. The molecule has 0 saturated heterocycles. The van der Waals surface area contributed by atoms with Crippen molar-refractivity contribution in [1.29, 1.82) is 0 Å². The van der Waals surface area contributed by atoms with Crippen LogP contribution in [0, 0.1) is 0 Å². The lowest BCUT2D eigenvalue weighted by Gasteiger charge is -2.08. The zero-order valence-electron chi connectivity index (χ0n) is 9.05. The summed E-state index contributed by atoms with van der Waals surface area (Å²) in [5, 5.41) is 22.2. The van der Waals surface area contributed by atoms with Crippen molar-refractivity contribution >= 4 is 12.0 Å². The topological polar surface area (TPSA) is 112 Å². The predicted octanol–water partition coefficient (Wildman–Crippen LogP) is -0.0856. The average Bonchev–Trinajstić information content (AvgIpc) is 2.78. The van der Waals surface area contributed by atoms with Crippen LogP contribution in [-0.4, -0.2) is 34.9 Å². The fraction of sp³-hybridized carbons (Fsp3) is 0.400. The molecule has 94 valence electrons. The first-order valence-corrected chi connectivity index (χ1v) is 5.04. The first kappa shape index (κ1) is 13.0. The number of aliphatic hydroxyl groups is 1.